The highest BCUT2D eigenvalue weighted by molar-refractivity contribution is 5.41. The summed E-state index contributed by atoms with van der Waals surface area (Å²) >= 11 is 0. The summed E-state index contributed by atoms with van der Waals surface area (Å²) in [5, 5.41) is 9.45. The number of rotatable bonds is 2. The van der Waals surface area contributed by atoms with Crippen molar-refractivity contribution in [1.82, 2.24) is 0 Å². The summed E-state index contributed by atoms with van der Waals surface area (Å²) in [4.78, 5) is 0. The Balaban J connectivity index is 1.84. The van der Waals surface area contributed by atoms with Crippen LogP contribution in [0.25, 0.3) is 0 Å². The molecule has 1 aliphatic carbocycles. The van der Waals surface area contributed by atoms with Crippen molar-refractivity contribution >= 4 is 0 Å². The second-order valence-electron chi connectivity index (χ2n) is 5.27. The maximum atomic E-state index is 9.45. The van der Waals surface area contributed by atoms with Gasteiger partial charge in [-0.1, -0.05) is 12.1 Å². The second kappa shape index (κ2) is 3.48. The van der Waals surface area contributed by atoms with Gasteiger partial charge < -0.3 is 9.47 Å². The molecule has 0 aromatic heterocycles. The van der Waals surface area contributed by atoms with Crippen molar-refractivity contribution in [2.75, 3.05) is 20.3 Å². The van der Waals surface area contributed by atoms with E-state index in [9.17, 15) is 5.26 Å². The van der Waals surface area contributed by atoms with Crippen LogP contribution in [0.4, 0.5) is 0 Å². The fourth-order valence-electron chi connectivity index (χ4n) is 3.08. The lowest BCUT2D eigenvalue weighted by molar-refractivity contribution is -0.178. The molecule has 0 amide bonds. The van der Waals surface area contributed by atoms with Crippen LogP contribution in [0.3, 0.4) is 0 Å². The second-order valence-corrected chi connectivity index (χ2v) is 5.27. The zero-order valence-corrected chi connectivity index (χ0v) is 9.90. The third kappa shape index (κ3) is 1.44. The van der Waals surface area contributed by atoms with Gasteiger partial charge in [0.25, 0.3) is 0 Å². The van der Waals surface area contributed by atoms with Crippen LogP contribution in [0.5, 0.6) is 5.75 Å². The van der Waals surface area contributed by atoms with Crippen LogP contribution >= 0.6 is 0 Å². The molecule has 2 aliphatic rings. The Morgan fingerprint density at radius 1 is 1.24 bits per heavy atom. The molecule has 1 aromatic rings. The molecule has 1 saturated heterocycles. The van der Waals surface area contributed by atoms with Crippen LogP contribution in [-0.4, -0.2) is 20.3 Å². The van der Waals surface area contributed by atoms with Crippen molar-refractivity contribution in [1.29, 1.82) is 5.26 Å². The maximum absolute atomic E-state index is 9.45. The van der Waals surface area contributed by atoms with E-state index in [2.05, 4.69) is 6.07 Å². The van der Waals surface area contributed by atoms with E-state index in [1.807, 2.05) is 24.3 Å². The SMILES string of the molecule is COc1ccc(C2(C#N)CC3(COC3)C2)cc1. The minimum atomic E-state index is -0.296. The molecule has 3 nitrogen and oxygen atoms in total. The molecule has 1 spiro atoms. The van der Waals surface area contributed by atoms with Gasteiger partial charge in [0.1, 0.15) is 5.75 Å². The fraction of sp³-hybridized carbons (Fsp3) is 0.500. The molecule has 2 fully saturated rings. The van der Waals surface area contributed by atoms with Gasteiger partial charge in [0.05, 0.1) is 31.8 Å². The third-order valence-corrected chi connectivity index (χ3v) is 4.03. The number of nitriles is 1. The Kier molecular flexibility index (Phi) is 2.17. The predicted octanol–water partition coefficient (Wildman–Crippen LogP) is 2.27. The summed E-state index contributed by atoms with van der Waals surface area (Å²) in [6.07, 6.45) is 1.87. The Morgan fingerprint density at radius 3 is 2.29 bits per heavy atom. The molecule has 1 aromatic carbocycles. The summed E-state index contributed by atoms with van der Waals surface area (Å²) in [6.45, 7) is 1.65. The first-order valence-electron chi connectivity index (χ1n) is 5.86. The molecule has 17 heavy (non-hydrogen) atoms. The summed E-state index contributed by atoms with van der Waals surface area (Å²) in [6, 6.07) is 10.4. The average Bonchev–Trinajstić information content (AvgIpc) is 2.27. The van der Waals surface area contributed by atoms with Gasteiger partial charge >= 0.3 is 0 Å². The van der Waals surface area contributed by atoms with Crippen molar-refractivity contribution in [3.63, 3.8) is 0 Å². The van der Waals surface area contributed by atoms with Gasteiger partial charge in [-0.25, -0.2) is 0 Å². The fourth-order valence-corrected chi connectivity index (χ4v) is 3.08. The van der Waals surface area contributed by atoms with Crippen LogP contribution in [0.2, 0.25) is 0 Å². The van der Waals surface area contributed by atoms with Crippen molar-refractivity contribution in [2.24, 2.45) is 5.41 Å². The summed E-state index contributed by atoms with van der Waals surface area (Å²) < 4.78 is 10.4. The van der Waals surface area contributed by atoms with E-state index in [0.29, 0.717) is 5.41 Å². The Hall–Kier alpha value is -1.53. The van der Waals surface area contributed by atoms with E-state index in [-0.39, 0.29) is 5.41 Å². The molecule has 0 unspecified atom stereocenters. The Labute approximate surface area is 101 Å². The van der Waals surface area contributed by atoms with E-state index in [0.717, 1.165) is 37.4 Å². The minimum Gasteiger partial charge on any atom is -0.497 e. The predicted molar refractivity (Wildman–Crippen MR) is 62.8 cm³/mol. The zero-order chi connectivity index (χ0) is 11.9. The number of benzene rings is 1. The van der Waals surface area contributed by atoms with Gasteiger partial charge in [0.2, 0.25) is 0 Å². The lowest BCUT2D eigenvalue weighted by Gasteiger charge is -2.57. The van der Waals surface area contributed by atoms with Crippen molar-refractivity contribution < 1.29 is 9.47 Å². The van der Waals surface area contributed by atoms with Crippen LogP contribution in [-0.2, 0) is 10.2 Å². The largest absolute Gasteiger partial charge is 0.497 e. The topological polar surface area (TPSA) is 42.2 Å². The summed E-state index contributed by atoms with van der Waals surface area (Å²) in [5.74, 6) is 0.836. The lowest BCUT2D eigenvalue weighted by Crippen LogP contribution is -2.59. The number of ether oxygens (including phenoxy) is 2. The highest BCUT2D eigenvalue weighted by atomic mass is 16.5. The smallest absolute Gasteiger partial charge is 0.118 e. The normalized spacial score (nSPS) is 23.3. The molecular formula is C14H15NO2. The molecule has 1 saturated carbocycles. The summed E-state index contributed by atoms with van der Waals surface area (Å²) in [5.41, 5.74) is 1.12. The maximum Gasteiger partial charge on any atom is 0.118 e. The quantitative estimate of drug-likeness (QED) is 0.781. The monoisotopic (exact) mass is 229 g/mol. The van der Waals surface area contributed by atoms with Gasteiger partial charge in [-0.15, -0.1) is 0 Å². The van der Waals surface area contributed by atoms with Crippen LogP contribution in [0.15, 0.2) is 24.3 Å². The highest BCUT2D eigenvalue weighted by Gasteiger charge is 2.59. The standard InChI is InChI=1S/C14H15NO2/c1-16-12-4-2-11(3-5-12)14(8-15)6-13(7-14)9-17-10-13/h2-5H,6-7,9-10H2,1H3. The van der Waals surface area contributed by atoms with Gasteiger partial charge in [-0.05, 0) is 30.5 Å². The molecule has 1 heterocycles. The Morgan fingerprint density at radius 2 is 1.88 bits per heavy atom. The van der Waals surface area contributed by atoms with E-state index in [4.69, 9.17) is 9.47 Å². The Bertz CT molecular complexity index is 460. The molecule has 0 atom stereocenters. The van der Waals surface area contributed by atoms with Crippen molar-refractivity contribution in [2.45, 2.75) is 18.3 Å². The minimum absolute atomic E-state index is 0.296. The molecule has 3 heteroatoms. The van der Waals surface area contributed by atoms with Crippen LogP contribution in [0, 0.1) is 16.7 Å². The van der Waals surface area contributed by atoms with Gasteiger partial charge in [0.15, 0.2) is 0 Å². The van der Waals surface area contributed by atoms with Crippen molar-refractivity contribution in [3.05, 3.63) is 29.8 Å². The average molecular weight is 229 g/mol. The van der Waals surface area contributed by atoms with E-state index in [1.54, 1.807) is 7.11 Å². The lowest BCUT2D eigenvalue weighted by atomic mass is 9.50. The number of nitrogens with zero attached hydrogens (tertiary/aromatic N) is 1. The van der Waals surface area contributed by atoms with E-state index >= 15 is 0 Å². The van der Waals surface area contributed by atoms with Gasteiger partial charge in [-0.3, -0.25) is 0 Å². The highest BCUT2D eigenvalue weighted by Crippen LogP contribution is 2.58. The summed E-state index contributed by atoms with van der Waals surface area (Å²) in [7, 11) is 1.65. The molecule has 0 N–H and O–H groups in total. The molecule has 0 radical (unpaired) electrons. The number of methoxy groups -OCH3 is 1. The third-order valence-electron chi connectivity index (χ3n) is 4.03. The molecule has 88 valence electrons. The van der Waals surface area contributed by atoms with Crippen molar-refractivity contribution in [3.8, 4) is 11.8 Å². The first kappa shape index (κ1) is 10.6. The first-order chi connectivity index (χ1) is 8.22. The van der Waals surface area contributed by atoms with Gasteiger partial charge in [0, 0.05) is 5.41 Å². The van der Waals surface area contributed by atoms with Crippen LogP contribution in [0.1, 0.15) is 18.4 Å². The zero-order valence-electron chi connectivity index (χ0n) is 9.90. The molecule has 3 rings (SSSR count). The molecule has 0 bridgehead atoms. The van der Waals surface area contributed by atoms with Gasteiger partial charge in [-0.2, -0.15) is 5.26 Å². The van der Waals surface area contributed by atoms with E-state index in [1.165, 1.54) is 0 Å². The molecular weight excluding hydrogens is 214 g/mol. The first-order valence-corrected chi connectivity index (χ1v) is 5.86. The number of hydrogen-bond acceptors (Lipinski definition) is 3. The van der Waals surface area contributed by atoms with Crippen LogP contribution < -0.4 is 4.74 Å². The molecule has 1 aliphatic heterocycles. The van der Waals surface area contributed by atoms with E-state index < -0.39 is 0 Å². The number of hydrogen-bond donors (Lipinski definition) is 0.